The molecular formula is C38H69NO12. The third-order valence-electron chi connectivity index (χ3n) is 11.8. The minimum Gasteiger partial charge on any atom is -0.459 e. The first-order valence-electron chi connectivity index (χ1n) is 18.8. The van der Waals surface area contributed by atoms with Gasteiger partial charge >= 0.3 is 5.97 Å². The molecule has 3 heterocycles. The fourth-order valence-electron chi connectivity index (χ4n) is 8.42. The van der Waals surface area contributed by atoms with E-state index >= 15 is 0 Å². The Hall–Kier alpha value is -1.23. The molecule has 0 aromatic carbocycles. The van der Waals surface area contributed by atoms with Crippen LogP contribution in [0.5, 0.6) is 0 Å². The summed E-state index contributed by atoms with van der Waals surface area (Å²) in [6.45, 7) is 20.0. The maximum atomic E-state index is 14.1. The van der Waals surface area contributed by atoms with Crippen molar-refractivity contribution >= 4 is 5.97 Å². The standard InChI is InChI=1S/C38H69NO12/c1-14-27-38(11,45)31(41)21(4)16-20(3)18-36(9,44)33(51-35-29(40)26(39(12)15-2)17-22(5)47-35)23(6)30(24(7)34(43)49-27)50-28-19-37(10,46-13)32(42)25(8)48-28/h16,21-33,35,40-42,44-45H,14-15,17-19H2,1-13H3/b20-16-/t21-,22+,23-,24+,25-,26-,27?,28-,29+,30?,31+,32-,33+,35-,36+,37+,38+/m0/s1. The predicted octanol–water partition coefficient (Wildman–Crippen LogP) is 2.92. The van der Waals surface area contributed by atoms with Gasteiger partial charge < -0.3 is 58.9 Å². The van der Waals surface area contributed by atoms with Crippen molar-refractivity contribution in [2.24, 2.45) is 17.8 Å². The molecule has 0 saturated carbocycles. The van der Waals surface area contributed by atoms with Gasteiger partial charge in [-0.3, -0.25) is 4.79 Å². The Morgan fingerprint density at radius 2 is 1.61 bits per heavy atom. The molecule has 0 aromatic heterocycles. The molecule has 3 rings (SSSR count). The number of methoxy groups -OCH3 is 1. The number of cyclic esters (lactones) is 1. The van der Waals surface area contributed by atoms with Gasteiger partial charge in [-0.15, -0.1) is 0 Å². The molecule has 0 aliphatic carbocycles. The van der Waals surface area contributed by atoms with Crippen LogP contribution in [0.15, 0.2) is 11.6 Å². The molecule has 0 radical (unpaired) electrons. The summed E-state index contributed by atoms with van der Waals surface area (Å²) in [6.07, 6.45) is -6.59. The maximum Gasteiger partial charge on any atom is 0.311 e. The molecule has 17 atom stereocenters. The number of esters is 1. The summed E-state index contributed by atoms with van der Waals surface area (Å²) in [5.74, 6) is -3.01. The summed E-state index contributed by atoms with van der Waals surface area (Å²) in [5, 5.41) is 57.8. The molecule has 0 amide bonds. The number of rotatable bonds is 8. The van der Waals surface area contributed by atoms with Gasteiger partial charge in [-0.2, -0.15) is 0 Å². The summed E-state index contributed by atoms with van der Waals surface area (Å²) in [5.41, 5.74) is -3.71. The number of aliphatic hydroxyl groups is 5. The van der Waals surface area contributed by atoms with Gasteiger partial charge in [-0.1, -0.05) is 39.3 Å². The number of ether oxygens (including phenoxy) is 6. The smallest absolute Gasteiger partial charge is 0.311 e. The second-order valence-electron chi connectivity index (χ2n) is 16.3. The van der Waals surface area contributed by atoms with Crippen molar-refractivity contribution in [2.75, 3.05) is 20.7 Å². The van der Waals surface area contributed by atoms with Crippen molar-refractivity contribution in [1.29, 1.82) is 0 Å². The molecule has 3 aliphatic rings. The highest BCUT2D eigenvalue weighted by Crippen LogP contribution is 2.40. The lowest BCUT2D eigenvalue weighted by Gasteiger charge is -2.49. The lowest BCUT2D eigenvalue weighted by molar-refractivity contribution is -0.317. The molecule has 298 valence electrons. The summed E-state index contributed by atoms with van der Waals surface area (Å²) in [7, 11) is 3.44. The fraction of sp³-hybridized carbons (Fsp3) is 0.921. The average molecular weight is 732 g/mol. The third kappa shape index (κ3) is 9.91. The highest BCUT2D eigenvalue weighted by atomic mass is 16.7. The van der Waals surface area contributed by atoms with Crippen molar-refractivity contribution in [1.82, 2.24) is 4.90 Å². The number of aliphatic hydroxyl groups excluding tert-OH is 3. The van der Waals surface area contributed by atoms with Gasteiger partial charge in [-0.25, -0.2) is 0 Å². The first kappa shape index (κ1) is 44.2. The Morgan fingerprint density at radius 3 is 2.18 bits per heavy atom. The van der Waals surface area contributed by atoms with E-state index in [1.807, 2.05) is 39.6 Å². The first-order chi connectivity index (χ1) is 23.5. The lowest BCUT2D eigenvalue weighted by Crippen LogP contribution is -2.60. The highest BCUT2D eigenvalue weighted by Gasteiger charge is 2.52. The van der Waals surface area contributed by atoms with Crippen molar-refractivity contribution in [3.05, 3.63) is 11.6 Å². The van der Waals surface area contributed by atoms with E-state index in [-0.39, 0.29) is 31.4 Å². The molecular weight excluding hydrogens is 662 g/mol. The third-order valence-corrected chi connectivity index (χ3v) is 11.8. The van der Waals surface area contributed by atoms with Gasteiger partial charge in [0.1, 0.15) is 23.9 Å². The predicted molar refractivity (Wildman–Crippen MR) is 190 cm³/mol. The number of likely N-dealkylation sites (N-methyl/N-ethyl adjacent to an activating group) is 1. The van der Waals surface area contributed by atoms with Crippen LogP contribution in [0.2, 0.25) is 0 Å². The van der Waals surface area contributed by atoms with Crippen LogP contribution in [-0.2, 0) is 33.2 Å². The number of hydrogen-bond donors (Lipinski definition) is 5. The van der Waals surface area contributed by atoms with Crippen molar-refractivity contribution in [3.8, 4) is 0 Å². The van der Waals surface area contributed by atoms with E-state index in [0.29, 0.717) is 13.0 Å². The Bertz CT molecular complexity index is 1170. The summed E-state index contributed by atoms with van der Waals surface area (Å²) in [4.78, 5) is 16.1. The van der Waals surface area contributed by atoms with Crippen LogP contribution in [-0.4, -0.2) is 141 Å². The largest absolute Gasteiger partial charge is 0.459 e. The van der Waals surface area contributed by atoms with Gasteiger partial charge in [0.25, 0.3) is 0 Å². The van der Waals surface area contributed by atoms with E-state index < -0.39 is 95.8 Å². The molecule has 13 heteroatoms. The second kappa shape index (κ2) is 17.5. The van der Waals surface area contributed by atoms with E-state index in [0.717, 1.165) is 5.57 Å². The zero-order valence-corrected chi connectivity index (χ0v) is 33.2. The molecule has 0 spiro atoms. The Morgan fingerprint density at radius 1 is 0.980 bits per heavy atom. The summed E-state index contributed by atoms with van der Waals surface area (Å²) >= 11 is 0. The van der Waals surface area contributed by atoms with Gasteiger partial charge in [0.15, 0.2) is 12.6 Å². The molecule has 5 N–H and O–H groups in total. The zero-order chi connectivity index (χ0) is 38.8. The Labute approximate surface area is 305 Å². The number of hydrogen-bond acceptors (Lipinski definition) is 13. The SMILES string of the molecule is CCC1OC(=O)[C@H](C)C(O[C@H]2C[C@@](C)(OC)[C@@H](O)[C@H](C)O2)[C@H](C)[C@@H](O[C@@H]2O[C@H](C)C[C@H](N(C)CC)[C@H]2O)[C@](C)(O)C/C(C)=C\[C@H](C)[C@@H](O)[C@]1(C)O. The van der Waals surface area contributed by atoms with Gasteiger partial charge in [0, 0.05) is 31.4 Å². The van der Waals surface area contributed by atoms with Crippen LogP contribution >= 0.6 is 0 Å². The topological polar surface area (TPSA) is 177 Å². The van der Waals surface area contributed by atoms with E-state index in [2.05, 4.69) is 0 Å². The van der Waals surface area contributed by atoms with Gasteiger partial charge in [0.05, 0.1) is 47.6 Å². The molecule has 2 fully saturated rings. The molecule has 2 saturated heterocycles. The van der Waals surface area contributed by atoms with Crippen LogP contribution < -0.4 is 0 Å². The van der Waals surface area contributed by atoms with Crippen LogP contribution in [0.4, 0.5) is 0 Å². The Kier molecular flexibility index (Phi) is 15.1. The van der Waals surface area contributed by atoms with Crippen LogP contribution in [0, 0.1) is 17.8 Å². The van der Waals surface area contributed by atoms with E-state index in [1.54, 1.807) is 47.6 Å². The van der Waals surface area contributed by atoms with Crippen molar-refractivity contribution in [2.45, 2.75) is 186 Å². The van der Waals surface area contributed by atoms with E-state index in [4.69, 9.17) is 28.4 Å². The number of carbonyl (C=O) groups is 1. The van der Waals surface area contributed by atoms with Crippen LogP contribution in [0.1, 0.15) is 102 Å². The molecule has 13 nitrogen and oxygen atoms in total. The van der Waals surface area contributed by atoms with Gasteiger partial charge in [0.2, 0.25) is 0 Å². The van der Waals surface area contributed by atoms with E-state index in [9.17, 15) is 30.3 Å². The average Bonchev–Trinajstić information content (AvgIpc) is 3.05. The van der Waals surface area contributed by atoms with Crippen molar-refractivity contribution < 1.29 is 58.7 Å². The number of carbonyl (C=O) groups excluding carboxylic acids is 1. The minimum atomic E-state index is -1.80. The van der Waals surface area contributed by atoms with Gasteiger partial charge in [-0.05, 0) is 81.3 Å². The fourth-order valence-corrected chi connectivity index (χ4v) is 8.42. The normalized spacial score (nSPS) is 49.2. The van der Waals surface area contributed by atoms with Crippen molar-refractivity contribution in [3.63, 3.8) is 0 Å². The quantitative estimate of drug-likeness (QED) is 0.182. The molecule has 0 aromatic rings. The van der Waals surface area contributed by atoms with Crippen LogP contribution in [0.3, 0.4) is 0 Å². The monoisotopic (exact) mass is 731 g/mol. The molecule has 0 bridgehead atoms. The Balaban J connectivity index is 2.18. The van der Waals surface area contributed by atoms with Crippen LogP contribution in [0.25, 0.3) is 0 Å². The molecule has 51 heavy (non-hydrogen) atoms. The lowest BCUT2D eigenvalue weighted by atomic mass is 9.77. The molecule has 2 unspecified atom stereocenters. The second-order valence-corrected chi connectivity index (χ2v) is 16.3. The zero-order valence-electron chi connectivity index (χ0n) is 33.2. The highest BCUT2D eigenvalue weighted by molar-refractivity contribution is 5.73. The summed E-state index contributed by atoms with van der Waals surface area (Å²) < 4.78 is 37.4. The first-order valence-corrected chi connectivity index (χ1v) is 18.8. The molecule has 3 aliphatic heterocycles. The van der Waals surface area contributed by atoms with E-state index in [1.165, 1.54) is 14.0 Å². The minimum absolute atomic E-state index is 0.0888. The maximum absolute atomic E-state index is 14.1. The number of nitrogens with zero attached hydrogens (tertiary/aromatic N) is 1. The summed E-state index contributed by atoms with van der Waals surface area (Å²) in [6, 6.07) is -0.263.